The molecular weight excluding hydrogens is 321 g/mol. The molecule has 0 radical (unpaired) electrons. The van der Waals surface area contributed by atoms with Crippen LogP contribution in [0.3, 0.4) is 0 Å². The maximum absolute atomic E-state index is 13.7. The van der Waals surface area contributed by atoms with Gasteiger partial charge in [-0.15, -0.1) is 6.58 Å². The van der Waals surface area contributed by atoms with Crippen molar-refractivity contribution in [1.82, 2.24) is 4.31 Å². The fourth-order valence-electron chi connectivity index (χ4n) is 1.94. The minimum Gasteiger partial charge on any atom is -0.478 e. The zero-order valence-electron chi connectivity index (χ0n) is 10.9. The molecule has 5 nitrogen and oxygen atoms in total. The quantitative estimate of drug-likeness (QED) is 0.812. The third kappa shape index (κ3) is 3.09. The summed E-state index contributed by atoms with van der Waals surface area (Å²) in [7, 11) is -4.00. The molecule has 0 saturated heterocycles. The van der Waals surface area contributed by atoms with Gasteiger partial charge in [0.1, 0.15) is 5.82 Å². The molecule has 1 aliphatic rings. The lowest BCUT2D eigenvalue weighted by atomic mass is 10.2. The van der Waals surface area contributed by atoms with E-state index in [1.54, 1.807) is 0 Å². The molecule has 0 aromatic heterocycles. The summed E-state index contributed by atoms with van der Waals surface area (Å²) in [5.41, 5.74) is -0.579. The Morgan fingerprint density at radius 1 is 1.52 bits per heavy atom. The Labute approximate surface area is 126 Å². The number of carboxylic acid groups (broad SMARTS) is 1. The maximum Gasteiger partial charge on any atom is 0.337 e. The van der Waals surface area contributed by atoms with Gasteiger partial charge >= 0.3 is 5.97 Å². The lowest BCUT2D eigenvalue weighted by Gasteiger charge is -2.20. The molecule has 0 atom stereocenters. The van der Waals surface area contributed by atoms with Crippen LogP contribution in [0.15, 0.2) is 29.7 Å². The van der Waals surface area contributed by atoms with Crippen LogP contribution in [-0.2, 0) is 10.0 Å². The van der Waals surface area contributed by atoms with Gasteiger partial charge in [-0.3, -0.25) is 0 Å². The second-order valence-electron chi connectivity index (χ2n) is 4.67. The first kappa shape index (κ1) is 15.9. The van der Waals surface area contributed by atoms with Crippen molar-refractivity contribution in [2.45, 2.75) is 23.8 Å². The van der Waals surface area contributed by atoms with E-state index in [1.807, 2.05) is 0 Å². The molecule has 1 aromatic carbocycles. The highest BCUT2D eigenvalue weighted by atomic mass is 35.5. The average molecular weight is 334 g/mol. The first-order valence-corrected chi connectivity index (χ1v) is 7.96. The topological polar surface area (TPSA) is 74.7 Å². The molecule has 0 aliphatic heterocycles. The molecule has 1 N–H and O–H groups in total. The molecule has 0 amide bonds. The van der Waals surface area contributed by atoms with Gasteiger partial charge in [-0.1, -0.05) is 17.7 Å². The standard InChI is InChI=1S/C13H13ClFNO4S/c1-2-5-16(8-3-4-8)21(19,20)9-6-10(13(17)18)12(14)11(15)7-9/h2,6-8H,1,3-5H2,(H,17,18). The molecule has 1 aliphatic carbocycles. The molecule has 1 saturated carbocycles. The lowest BCUT2D eigenvalue weighted by molar-refractivity contribution is 0.0696. The predicted molar refractivity (Wildman–Crippen MR) is 75.5 cm³/mol. The Morgan fingerprint density at radius 3 is 2.62 bits per heavy atom. The van der Waals surface area contributed by atoms with Gasteiger partial charge in [-0.25, -0.2) is 17.6 Å². The summed E-state index contributed by atoms with van der Waals surface area (Å²) in [5.74, 6) is -2.57. The Morgan fingerprint density at radius 2 is 2.14 bits per heavy atom. The SMILES string of the molecule is C=CCN(C1CC1)S(=O)(=O)c1cc(F)c(Cl)c(C(=O)O)c1. The summed E-state index contributed by atoms with van der Waals surface area (Å²) < 4.78 is 39.9. The molecule has 0 heterocycles. The highest BCUT2D eigenvalue weighted by Gasteiger charge is 2.38. The largest absolute Gasteiger partial charge is 0.478 e. The van der Waals surface area contributed by atoms with Crippen LogP contribution in [0, 0.1) is 5.82 Å². The molecule has 0 unspecified atom stereocenters. The Kier molecular flexibility index (Phi) is 4.36. The summed E-state index contributed by atoms with van der Waals surface area (Å²) in [6, 6.07) is 1.46. The minimum atomic E-state index is -4.00. The molecular formula is C13H13ClFNO4S. The van der Waals surface area contributed by atoms with Gasteiger partial charge in [0, 0.05) is 12.6 Å². The summed E-state index contributed by atoms with van der Waals surface area (Å²) >= 11 is 5.55. The second-order valence-corrected chi connectivity index (χ2v) is 6.93. The van der Waals surface area contributed by atoms with Gasteiger partial charge in [-0.2, -0.15) is 4.31 Å². The second kappa shape index (κ2) is 5.75. The van der Waals surface area contributed by atoms with E-state index < -0.39 is 37.3 Å². The van der Waals surface area contributed by atoms with E-state index in [-0.39, 0.29) is 12.6 Å². The van der Waals surface area contributed by atoms with Crippen LogP contribution in [0.5, 0.6) is 0 Å². The predicted octanol–water partition coefficient (Wildman–Crippen LogP) is 2.52. The third-order valence-corrected chi connectivity index (χ3v) is 5.38. The van der Waals surface area contributed by atoms with E-state index in [4.69, 9.17) is 16.7 Å². The van der Waals surface area contributed by atoms with E-state index in [2.05, 4.69) is 6.58 Å². The van der Waals surface area contributed by atoms with Gasteiger partial charge in [0.25, 0.3) is 0 Å². The number of rotatable bonds is 6. The van der Waals surface area contributed by atoms with Crippen LogP contribution >= 0.6 is 11.6 Å². The number of nitrogens with zero attached hydrogens (tertiary/aromatic N) is 1. The highest BCUT2D eigenvalue weighted by Crippen LogP contribution is 2.33. The van der Waals surface area contributed by atoms with Gasteiger partial charge in [0.15, 0.2) is 0 Å². The first-order chi connectivity index (χ1) is 9.78. The number of aromatic carboxylic acids is 1. The number of hydrogen-bond donors (Lipinski definition) is 1. The maximum atomic E-state index is 13.7. The lowest BCUT2D eigenvalue weighted by Crippen LogP contribution is -2.33. The van der Waals surface area contributed by atoms with Crippen LogP contribution in [0.4, 0.5) is 4.39 Å². The Bertz CT molecular complexity index is 700. The molecule has 2 rings (SSSR count). The zero-order chi connectivity index (χ0) is 15.8. The van der Waals surface area contributed by atoms with Crippen molar-refractivity contribution in [1.29, 1.82) is 0 Å². The van der Waals surface area contributed by atoms with E-state index >= 15 is 0 Å². The molecule has 1 aromatic rings. The van der Waals surface area contributed by atoms with Crippen molar-refractivity contribution >= 4 is 27.6 Å². The number of carboxylic acids is 1. The smallest absolute Gasteiger partial charge is 0.337 e. The minimum absolute atomic E-state index is 0.0830. The van der Waals surface area contributed by atoms with Crippen LogP contribution in [0.2, 0.25) is 5.02 Å². The molecule has 0 spiro atoms. The van der Waals surface area contributed by atoms with E-state index in [0.29, 0.717) is 0 Å². The van der Waals surface area contributed by atoms with E-state index in [1.165, 1.54) is 10.4 Å². The van der Waals surface area contributed by atoms with Gasteiger partial charge in [0.05, 0.1) is 15.5 Å². The number of hydrogen-bond acceptors (Lipinski definition) is 3. The van der Waals surface area contributed by atoms with Gasteiger partial charge < -0.3 is 5.11 Å². The summed E-state index contributed by atoms with van der Waals surface area (Å²) in [6.07, 6.45) is 2.87. The number of carbonyl (C=O) groups is 1. The zero-order valence-corrected chi connectivity index (χ0v) is 12.5. The monoisotopic (exact) mass is 333 g/mol. The van der Waals surface area contributed by atoms with Gasteiger partial charge in [0.2, 0.25) is 10.0 Å². The Hall–Kier alpha value is -1.44. The fourth-order valence-corrected chi connectivity index (χ4v) is 3.82. The summed E-state index contributed by atoms with van der Waals surface area (Å²) in [5, 5.41) is 8.36. The molecule has 1 fully saturated rings. The van der Waals surface area contributed by atoms with Crippen LogP contribution in [0.1, 0.15) is 23.2 Å². The molecule has 114 valence electrons. The molecule has 0 bridgehead atoms. The van der Waals surface area contributed by atoms with Crippen molar-refractivity contribution in [2.75, 3.05) is 6.54 Å². The van der Waals surface area contributed by atoms with Crippen LogP contribution in [0.25, 0.3) is 0 Å². The number of halogens is 2. The van der Waals surface area contributed by atoms with E-state index in [0.717, 1.165) is 25.0 Å². The Balaban J connectivity index is 2.53. The first-order valence-electron chi connectivity index (χ1n) is 6.14. The van der Waals surface area contributed by atoms with Gasteiger partial charge in [-0.05, 0) is 25.0 Å². The third-order valence-electron chi connectivity index (χ3n) is 3.10. The number of sulfonamides is 1. The molecule has 21 heavy (non-hydrogen) atoms. The average Bonchev–Trinajstić information content (AvgIpc) is 3.22. The summed E-state index contributed by atoms with van der Waals surface area (Å²) in [4.78, 5) is 10.6. The normalized spacial score (nSPS) is 15.2. The molecule has 8 heteroatoms. The van der Waals surface area contributed by atoms with E-state index in [9.17, 15) is 17.6 Å². The van der Waals surface area contributed by atoms with Crippen molar-refractivity contribution in [3.05, 3.63) is 41.2 Å². The highest BCUT2D eigenvalue weighted by molar-refractivity contribution is 7.89. The van der Waals surface area contributed by atoms with Crippen LogP contribution < -0.4 is 0 Å². The van der Waals surface area contributed by atoms with Crippen LogP contribution in [-0.4, -0.2) is 36.4 Å². The van der Waals surface area contributed by atoms with Crippen molar-refractivity contribution in [3.8, 4) is 0 Å². The number of benzene rings is 1. The van der Waals surface area contributed by atoms with Crippen molar-refractivity contribution in [2.24, 2.45) is 0 Å². The van der Waals surface area contributed by atoms with Crippen molar-refractivity contribution in [3.63, 3.8) is 0 Å². The fraction of sp³-hybridized carbons (Fsp3) is 0.308. The van der Waals surface area contributed by atoms with Crippen molar-refractivity contribution < 1.29 is 22.7 Å². The summed E-state index contributed by atoms with van der Waals surface area (Å²) in [6.45, 7) is 3.58.